The third-order valence-electron chi connectivity index (χ3n) is 4.25. The summed E-state index contributed by atoms with van der Waals surface area (Å²) < 4.78 is 0. The van der Waals surface area contributed by atoms with Crippen LogP contribution in [0.1, 0.15) is 44.9 Å². The Balaban J connectivity index is 1.60. The van der Waals surface area contributed by atoms with Gasteiger partial charge in [0.1, 0.15) is 0 Å². The molecule has 1 saturated heterocycles. The van der Waals surface area contributed by atoms with E-state index in [1.165, 1.54) is 44.9 Å². The number of amides is 1. The van der Waals surface area contributed by atoms with Crippen LogP contribution in [0, 0.1) is 5.92 Å². The molecule has 0 radical (unpaired) electrons. The maximum absolute atomic E-state index is 11.9. The molecule has 0 aromatic heterocycles. The Bertz CT molecular complexity index is 261. The Hall–Kier alpha value is -0.220. The van der Waals surface area contributed by atoms with Gasteiger partial charge in [0.2, 0.25) is 5.91 Å². The molecule has 0 aromatic carbocycles. The number of nitrogens with two attached hydrogens (primary N) is 1. The maximum atomic E-state index is 11.9. The van der Waals surface area contributed by atoms with E-state index in [0.717, 1.165) is 18.8 Å². The Morgan fingerprint density at radius 3 is 2.50 bits per heavy atom. The van der Waals surface area contributed by atoms with Crippen molar-refractivity contribution in [1.82, 2.24) is 4.90 Å². The molecule has 0 spiro atoms. The first kappa shape index (κ1) is 14.2. The second-order valence-corrected chi connectivity index (χ2v) is 6.70. The molecule has 18 heavy (non-hydrogen) atoms. The van der Waals surface area contributed by atoms with E-state index in [1.54, 1.807) is 11.8 Å². The van der Waals surface area contributed by atoms with Gasteiger partial charge in [-0.1, -0.05) is 19.3 Å². The van der Waals surface area contributed by atoms with Gasteiger partial charge in [0.25, 0.3) is 0 Å². The highest BCUT2D eigenvalue weighted by Crippen LogP contribution is 2.27. The fourth-order valence-corrected chi connectivity index (χ4v) is 4.06. The monoisotopic (exact) mass is 270 g/mol. The molecule has 1 aliphatic carbocycles. The number of hydrogen-bond acceptors (Lipinski definition) is 3. The van der Waals surface area contributed by atoms with Crippen LogP contribution in [-0.4, -0.2) is 41.4 Å². The molecule has 104 valence electrons. The largest absolute Gasteiger partial charge is 0.342 e. The molecule has 2 rings (SSSR count). The van der Waals surface area contributed by atoms with Gasteiger partial charge in [-0.05, 0) is 31.6 Å². The van der Waals surface area contributed by atoms with E-state index < -0.39 is 0 Å². The van der Waals surface area contributed by atoms with Gasteiger partial charge < -0.3 is 10.6 Å². The van der Waals surface area contributed by atoms with Crippen LogP contribution in [0.3, 0.4) is 0 Å². The zero-order chi connectivity index (χ0) is 12.8. The normalized spacial score (nSPS) is 23.3. The van der Waals surface area contributed by atoms with Crippen molar-refractivity contribution in [2.24, 2.45) is 11.7 Å². The van der Waals surface area contributed by atoms with Gasteiger partial charge in [0, 0.05) is 24.9 Å². The van der Waals surface area contributed by atoms with Crippen molar-refractivity contribution in [2.75, 3.05) is 24.6 Å². The molecule has 1 saturated carbocycles. The molecule has 1 unspecified atom stereocenters. The van der Waals surface area contributed by atoms with Gasteiger partial charge >= 0.3 is 0 Å². The van der Waals surface area contributed by atoms with Crippen LogP contribution >= 0.6 is 11.8 Å². The molecule has 2 N–H and O–H groups in total. The van der Waals surface area contributed by atoms with Crippen LogP contribution < -0.4 is 5.73 Å². The minimum atomic E-state index is 0.293. The van der Waals surface area contributed by atoms with E-state index in [1.807, 2.05) is 4.90 Å². The Labute approximate surface area is 115 Å². The van der Waals surface area contributed by atoms with E-state index in [2.05, 4.69) is 0 Å². The van der Waals surface area contributed by atoms with Crippen molar-refractivity contribution in [3.05, 3.63) is 0 Å². The first-order chi connectivity index (χ1) is 8.77. The molecule has 1 heterocycles. The summed E-state index contributed by atoms with van der Waals surface area (Å²) in [6, 6.07) is 0.293. The zero-order valence-corrected chi connectivity index (χ0v) is 12.1. The van der Waals surface area contributed by atoms with Crippen LogP contribution in [0.25, 0.3) is 0 Å². The SMILES string of the molecule is NC(CSCC(=O)N1CCCC1)C1CCCCC1. The molecule has 0 bridgehead atoms. The van der Waals surface area contributed by atoms with E-state index >= 15 is 0 Å². The summed E-state index contributed by atoms with van der Waals surface area (Å²) in [4.78, 5) is 13.9. The molecule has 1 atom stereocenters. The number of carbonyl (C=O) groups excluding carboxylic acids is 1. The van der Waals surface area contributed by atoms with Crippen molar-refractivity contribution < 1.29 is 4.79 Å². The average Bonchev–Trinajstić information content (AvgIpc) is 2.93. The summed E-state index contributed by atoms with van der Waals surface area (Å²) in [5, 5.41) is 0. The fourth-order valence-electron chi connectivity index (χ4n) is 3.04. The predicted octanol–water partition coefficient (Wildman–Crippen LogP) is 2.25. The van der Waals surface area contributed by atoms with E-state index in [-0.39, 0.29) is 0 Å². The van der Waals surface area contributed by atoms with Gasteiger partial charge in [-0.15, -0.1) is 0 Å². The van der Waals surface area contributed by atoms with E-state index in [4.69, 9.17) is 5.73 Å². The van der Waals surface area contributed by atoms with Crippen molar-refractivity contribution in [3.8, 4) is 0 Å². The first-order valence-corrected chi connectivity index (χ1v) is 8.54. The molecule has 2 aliphatic rings. The van der Waals surface area contributed by atoms with Crippen LogP contribution in [0.4, 0.5) is 0 Å². The topological polar surface area (TPSA) is 46.3 Å². The average molecular weight is 270 g/mol. The summed E-state index contributed by atoms with van der Waals surface area (Å²) >= 11 is 1.73. The van der Waals surface area contributed by atoms with Crippen molar-refractivity contribution in [2.45, 2.75) is 51.0 Å². The highest BCUT2D eigenvalue weighted by Gasteiger charge is 2.22. The quantitative estimate of drug-likeness (QED) is 0.833. The van der Waals surface area contributed by atoms with Gasteiger partial charge in [0.15, 0.2) is 0 Å². The zero-order valence-electron chi connectivity index (χ0n) is 11.3. The van der Waals surface area contributed by atoms with Gasteiger partial charge in [-0.3, -0.25) is 4.79 Å². The Morgan fingerprint density at radius 2 is 1.83 bits per heavy atom. The second kappa shape index (κ2) is 7.39. The standard InChI is InChI=1S/C14H26N2OS/c15-13(12-6-2-1-3-7-12)10-18-11-14(17)16-8-4-5-9-16/h12-13H,1-11,15H2. The second-order valence-electron chi connectivity index (χ2n) is 5.66. The summed E-state index contributed by atoms with van der Waals surface area (Å²) in [5.41, 5.74) is 6.24. The maximum Gasteiger partial charge on any atom is 0.232 e. The van der Waals surface area contributed by atoms with E-state index in [0.29, 0.717) is 23.6 Å². The minimum Gasteiger partial charge on any atom is -0.342 e. The highest BCUT2D eigenvalue weighted by molar-refractivity contribution is 7.99. The molecular formula is C14H26N2OS. The van der Waals surface area contributed by atoms with Gasteiger partial charge in [-0.25, -0.2) is 0 Å². The van der Waals surface area contributed by atoms with Crippen LogP contribution in [0.2, 0.25) is 0 Å². The van der Waals surface area contributed by atoms with Crippen molar-refractivity contribution in [1.29, 1.82) is 0 Å². The molecule has 3 nitrogen and oxygen atoms in total. The van der Waals surface area contributed by atoms with Crippen LogP contribution in [0.15, 0.2) is 0 Å². The summed E-state index contributed by atoms with van der Waals surface area (Å²) in [7, 11) is 0. The number of nitrogens with zero attached hydrogens (tertiary/aromatic N) is 1. The molecule has 1 aliphatic heterocycles. The summed E-state index contributed by atoms with van der Waals surface area (Å²) in [6.07, 6.45) is 9.01. The molecule has 0 aromatic rings. The Morgan fingerprint density at radius 1 is 1.17 bits per heavy atom. The van der Waals surface area contributed by atoms with Gasteiger partial charge in [-0.2, -0.15) is 11.8 Å². The number of likely N-dealkylation sites (tertiary alicyclic amines) is 1. The lowest BCUT2D eigenvalue weighted by atomic mass is 9.85. The van der Waals surface area contributed by atoms with Crippen LogP contribution in [-0.2, 0) is 4.79 Å². The Kier molecular flexibility index (Phi) is 5.83. The first-order valence-electron chi connectivity index (χ1n) is 7.38. The fraction of sp³-hybridized carbons (Fsp3) is 0.929. The van der Waals surface area contributed by atoms with Crippen molar-refractivity contribution >= 4 is 17.7 Å². The summed E-state index contributed by atoms with van der Waals surface area (Å²) in [6.45, 7) is 1.93. The lowest BCUT2D eigenvalue weighted by Gasteiger charge is -2.27. The number of hydrogen-bond donors (Lipinski definition) is 1. The highest BCUT2D eigenvalue weighted by atomic mass is 32.2. The molecule has 2 fully saturated rings. The lowest BCUT2D eigenvalue weighted by Crippen LogP contribution is -2.35. The minimum absolute atomic E-state index is 0.293. The number of thioether (sulfide) groups is 1. The van der Waals surface area contributed by atoms with Crippen LogP contribution in [0.5, 0.6) is 0 Å². The van der Waals surface area contributed by atoms with Gasteiger partial charge in [0.05, 0.1) is 5.75 Å². The van der Waals surface area contributed by atoms with Crippen molar-refractivity contribution in [3.63, 3.8) is 0 Å². The predicted molar refractivity (Wildman–Crippen MR) is 77.7 cm³/mol. The van der Waals surface area contributed by atoms with E-state index in [9.17, 15) is 4.79 Å². The molecular weight excluding hydrogens is 244 g/mol. The third kappa shape index (κ3) is 4.16. The third-order valence-corrected chi connectivity index (χ3v) is 5.32. The smallest absolute Gasteiger partial charge is 0.232 e. The molecule has 1 amide bonds. The summed E-state index contributed by atoms with van der Waals surface area (Å²) in [5.74, 6) is 2.59. The number of rotatable bonds is 5. The molecule has 4 heteroatoms. The number of carbonyl (C=O) groups is 1. The lowest BCUT2D eigenvalue weighted by molar-refractivity contribution is -0.127.